The highest BCUT2D eigenvalue weighted by Gasteiger charge is 2.29. The zero-order valence-electron chi connectivity index (χ0n) is 9.61. The van der Waals surface area contributed by atoms with Crippen LogP contribution in [-0.2, 0) is 4.79 Å². The van der Waals surface area contributed by atoms with E-state index in [1.807, 2.05) is 13.0 Å². The van der Waals surface area contributed by atoms with Crippen LogP contribution in [0.25, 0.3) is 0 Å². The van der Waals surface area contributed by atoms with Crippen LogP contribution in [0, 0.1) is 6.92 Å². The normalized spacial score (nSPS) is 20.8. The van der Waals surface area contributed by atoms with Crippen LogP contribution in [0.4, 0.5) is 5.69 Å². The summed E-state index contributed by atoms with van der Waals surface area (Å²) >= 11 is 5.95. The lowest BCUT2D eigenvalue weighted by molar-refractivity contribution is -0.122. The van der Waals surface area contributed by atoms with Gasteiger partial charge in [-0.2, -0.15) is 0 Å². The monoisotopic (exact) mass is 254 g/mol. The number of aliphatic hydroxyl groups is 1. The molecule has 2 rings (SSSR count). The minimum atomic E-state index is -0.512. The molecule has 4 nitrogen and oxygen atoms in total. The third-order valence-electron chi connectivity index (χ3n) is 2.93. The molecule has 1 amide bonds. The van der Waals surface area contributed by atoms with Crippen molar-refractivity contribution in [1.29, 1.82) is 0 Å². The summed E-state index contributed by atoms with van der Waals surface area (Å²) in [4.78, 5) is 13.8. The van der Waals surface area contributed by atoms with Crippen LogP contribution in [0.3, 0.4) is 0 Å². The number of aryl methyl sites for hydroxylation is 1. The second kappa shape index (κ2) is 5.04. The highest BCUT2D eigenvalue weighted by molar-refractivity contribution is 6.31. The maximum atomic E-state index is 12.1. The van der Waals surface area contributed by atoms with E-state index in [0.29, 0.717) is 18.1 Å². The summed E-state index contributed by atoms with van der Waals surface area (Å²) in [6.07, 6.45) is 0. The molecule has 92 valence electrons. The minimum Gasteiger partial charge on any atom is -0.394 e. The molecule has 0 saturated carbocycles. The molecule has 1 aromatic rings. The van der Waals surface area contributed by atoms with Gasteiger partial charge in [0, 0.05) is 23.8 Å². The molecule has 0 radical (unpaired) electrons. The van der Waals surface area contributed by atoms with E-state index in [-0.39, 0.29) is 12.5 Å². The zero-order valence-corrected chi connectivity index (χ0v) is 10.4. The van der Waals surface area contributed by atoms with Crippen molar-refractivity contribution < 1.29 is 9.90 Å². The maximum Gasteiger partial charge on any atom is 0.246 e. The number of rotatable bonds is 2. The molecule has 17 heavy (non-hydrogen) atoms. The fourth-order valence-electron chi connectivity index (χ4n) is 1.99. The van der Waals surface area contributed by atoms with Crippen molar-refractivity contribution in [2.75, 3.05) is 24.6 Å². The molecule has 0 spiro atoms. The Balaban J connectivity index is 2.32. The summed E-state index contributed by atoms with van der Waals surface area (Å²) in [5, 5.41) is 12.7. The van der Waals surface area contributed by atoms with Crippen LogP contribution in [0.15, 0.2) is 18.2 Å². The number of piperazine rings is 1. The predicted octanol–water partition coefficient (Wildman–Crippen LogP) is 0.946. The van der Waals surface area contributed by atoms with E-state index in [1.165, 1.54) is 0 Å². The summed E-state index contributed by atoms with van der Waals surface area (Å²) in [6.45, 7) is 3.02. The molecule has 1 aliphatic rings. The summed E-state index contributed by atoms with van der Waals surface area (Å²) in [5.74, 6) is -0.107. The number of hydrogen-bond acceptors (Lipinski definition) is 3. The Labute approximate surface area is 105 Å². The average molecular weight is 255 g/mol. The Hall–Kier alpha value is -1.10. The Bertz CT molecular complexity index is 437. The van der Waals surface area contributed by atoms with E-state index >= 15 is 0 Å². The summed E-state index contributed by atoms with van der Waals surface area (Å²) in [6, 6.07) is 4.97. The number of amides is 1. The fourth-order valence-corrected chi connectivity index (χ4v) is 2.16. The van der Waals surface area contributed by atoms with Gasteiger partial charge in [0.2, 0.25) is 5.91 Å². The molecule has 0 aromatic heterocycles. The molecule has 1 heterocycles. The van der Waals surface area contributed by atoms with Crippen molar-refractivity contribution in [2.45, 2.75) is 13.0 Å². The van der Waals surface area contributed by atoms with E-state index in [2.05, 4.69) is 5.32 Å². The van der Waals surface area contributed by atoms with Gasteiger partial charge in [0.1, 0.15) is 6.04 Å². The van der Waals surface area contributed by atoms with Gasteiger partial charge in [0.05, 0.1) is 6.61 Å². The van der Waals surface area contributed by atoms with Gasteiger partial charge in [-0.25, -0.2) is 0 Å². The SMILES string of the molecule is Cc1ccc(Cl)cc1N1CCNC(CO)C1=O. The number of halogens is 1. The number of carbonyl (C=O) groups is 1. The van der Waals surface area contributed by atoms with Gasteiger partial charge in [-0.15, -0.1) is 0 Å². The predicted molar refractivity (Wildman–Crippen MR) is 67.4 cm³/mol. The van der Waals surface area contributed by atoms with Gasteiger partial charge in [-0.3, -0.25) is 4.79 Å². The first kappa shape index (κ1) is 12.4. The molecule has 1 aliphatic heterocycles. The molecule has 1 atom stereocenters. The van der Waals surface area contributed by atoms with Crippen LogP contribution in [0.1, 0.15) is 5.56 Å². The molecular formula is C12H15ClN2O2. The molecule has 0 bridgehead atoms. The molecule has 0 aliphatic carbocycles. The first-order valence-corrected chi connectivity index (χ1v) is 5.93. The van der Waals surface area contributed by atoms with E-state index in [0.717, 1.165) is 11.3 Å². The summed E-state index contributed by atoms with van der Waals surface area (Å²) in [7, 11) is 0. The second-order valence-electron chi connectivity index (χ2n) is 4.11. The molecular weight excluding hydrogens is 240 g/mol. The van der Waals surface area contributed by atoms with Gasteiger partial charge in [0.25, 0.3) is 0 Å². The van der Waals surface area contributed by atoms with Crippen molar-refractivity contribution in [3.8, 4) is 0 Å². The highest BCUT2D eigenvalue weighted by atomic mass is 35.5. The van der Waals surface area contributed by atoms with Crippen molar-refractivity contribution in [3.63, 3.8) is 0 Å². The zero-order chi connectivity index (χ0) is 12.4. The lowest BCUT2D eigenvalue weighted by atomic mass is 10.1. The Morgan fingerprint density at radius 2 is 2.35 bits per heavy atom. The van der Waals surface area contributed by atoms with Gasteiger partial charge >= 0.3 is 0 Å². The van der Waals surface area contributed by atoms with Gasteiger partial charge in [-0.1, -0.05) is 17.7 Å². The molecule has 5 heteroatoms. The Morgan fingerprint density at radius 3 is 3.06 bits per heavy atom. The maximum absolute atomic E-state index is 12.1. The van der Waals surface area contributed by atoms with Crippen LogP contribution >= 0.6 is 11.6 Å². The number of aliphatic hydroxyl groups excluding tert-OH is 1. The minimum absolute atomic E-state index is 0.107. The number of nitrogens with zero attached hydrogens (tertiary/aromatic N) is 1. The first-order valence-electron chi connectivity index (χ1n) is 5.55. The lowest BCUT2D eigenvalue weighted by Gasteiger charge is -2.33. The van der Waals surface area contributed by atoms with Crippen LogP contribution in [-0.4, -0.2) is 36.8 Å². The number of carbonyl (C=O) groups excluding carboxylic acids is 1. The van der Waals surface area contributed by atoms with Gasteiger partial charge in [-0.05, 0) is 24.6 Å². The fraction of sp³-hybridized carbons (Fsp3) is 0.417. The third-order valence-corrected chi connectivity index (χ3v) is 3.17. The molecule has 1 saturated heterocycles. The largest absolute Gasteiger partial charge is 0.394 e. The third kappa shape index (κ3) is 2.44. The van der Waals surface area contributed by atoms with Crippen molar-refractivity contribution in [3.05, 3.63) is 28.8 Å². The Kier molecular flexibility index (Phi) is 3.66. The standard InChI is InChI=1S/C12H15ClN2O2/c1-8-2-3-9(13)6-11(8)15-5-4-14-10(7-16)12(15)17/h2-3,6,10,14,16H,4-5,7H2,1H3. The van der Waals surface area contributed by atoms with Crippen LogP contribution in [0.5, 0.6) is 0 Å². The molecule has 1 unspecified atom stereocenters. The number of anilines is 1. The van der Waals surface area contributed by atoms with E-state index in [4.69, 9.17) is 16.7 Å². The average Bonchev–Trinajstić information content (AvgIpc) is 2.33. The van der Waals surface area contributed by atoms with Gasteiger partial charge in [0.15, 0.2) is 0 Å². The topological polar surface area (TPSA) is 52.6 Å². The smallest absolute Gasteiger partial charge is 0.246 e. The van der Waals surface area contributed by atoms with E-state index in [1.54, 1.807) is 17.0 Å². The van der Waals surface area contributed by atoms with Crippen molar-refractivity contribution in [1.82, 2.24) is 5.32 Å². The second-order valence-corrected chi connectivity index (χ2v) is 4.55. The van der Waals surface area contributed by atoms with E-state index < -0.39 is 6.04 Å². The number of benzene rings is 1. The lowest BCUT2D eigenvalue weighted by Crippen LogP contribution is -2.56. The highest BCUT2D eigenvalue weighted by Crippen LogP contribution is 2.25. The Morgan fingerprint density at radius 1 is 1.59 bits per heavy atom. The molecule has 1 fully saturated rings. The van der Waals surface area contributed by atoms with Crippen LogP contribution in [0.2, 0.25) is 5.02 Å². The summed E-state index contributed by atoms with van der Waals surface area (Å²) in [5.41, 5.74) is 1.82. The van der Waals surface area contributed by atoms with Crippen molar-refractivity contribution >= 4 is 23.2 Å². The summed E-state index contributed by atoms with van der Waals surface area (Å²) < 4.78 is 0. The quantitative estimate of drug-likeness (QED) is 0.826. The number of hydrogen-bond donors (Lipinski definition) is 2. The van der Waals surface area contributed by atoms with Crippen molar-refractivity contribution in [2.24, 2.45) is 0 Å². The van der Waals surface area contributed by atoms with E-state index in [9.17, 15) is 4.79 Å². The number of nitrogens with one attached hydrogen (secondary N) is 1. The molecule has 2 N–H and O–H groups in total. The van der Waals surface area contributed by atoms with Crippen LogP contribution < -0.4 is 10.2 Å². The van der Waals surface area contributed by atoms with Gasteiger partial charge < -0.3 is 15.3 Å². The molecule has 1 aromatic carbocycles. The first-order chi connectivity index (χ1) is 8.13.